The molecule has 0 aromatic heterocycles. The van der Waals surface area contributed by atoms with Gasteiger partial charge in [0.25, 0.3) is 0 Å². The minimum Gasteiger partial charge on any atom is -0.300 e. The zero-order valence-corrected chi connectivity index (χ0v) is 15.3. The van der Waals surface area contributed by atoms with Crippen LogP contribution in [0.15, 0.2) is 60.7 Å². The second kappa shape index (κ2) is 7.32. The number of nitrogens with zero attached hydrogens (tertiary/aromatic N) is 2. The Hall–Kier alpha value is -2.63. The molecule has 4 rings (SSSR count). The average Bonchev–Trinajstić information content (AvgIpc) is 3.10. The monoisotopic (exact) mass is 340 g/mol. The normalized spacial score (nSPS) is 17.5. The number of nitriles is 1. The zero-order chi connectivity index (χ0) is 17.9. The number of hydrogen-bond donors (Lipinski definition) is 0. The van der Waals surface area contributed by atoms with E-state index >= 15 is 0 Å². The number of rotatable bonds is 4. The van der Waals surface area contributed by atoms with Crippen LogP contribution in [0.2, 0.25) is 0 Å². The minimum atomic E-state index is 0.703. The van der Waals surface area contributed by atoms with Crippen LogP contribution in [0.1, 0.15) is 30.9 Å². The fourth-order valence-electron chi connectivity index (χ4n) is 4.00. The molecule has 130 valence electrons. The van der Waals surface area contributed by atoms with Crippen LogP contribution in [0.4, 0.5) is 0 Å². The number of likely N-dealkylation sites (tertiary alicyclic amines) is 1. The van der Waals surface area contributed by atoms with Crippen LogP contribution < -0.4 is 0 Å². The first-order valence-corrected chi connectivity index (χ1v) is 9.50. The Bertz CT molecular complexity index is 967. The van der Waals surface area contributed by atoms with Gasteiger partial charge in [0.1, 0.15) is 0 Å². The second-order valence-corrected chi connectivity index (χ2v) is 7.37. The van der Waals surface area contributed by atoms with Gasteiger partial charge in [-0.15, -0.1) is 0 Å². The van der Waals surface area contributed by atoms with Crippen LogP contribution in [0, 0.1) is 11.3 Å². The predicted octanol–water partition coefficient (Wildman–Crippen LogP) is 5.41. The molecule has 1 saturated heterocycles. The molecule has 3 aromatic rings. The van der Waals surface area contributed by atoms with Crippen molar-refractivity contribution in [1.29, 1.82) is 5.26 Å². The molecule has 1 fully saturated rings. The Kier molecular flexibility index (Phi) is 4.73. The fourth-order valence-corrected chi connectivity index (χ4v) is 4.00. The standard InChI is InChI=1S/C24H24N2/c1-18-4-3-12-26(18)13-11-19-7-8-23-16-24(10-9-22(23)14-19)21-6-2-5-20(15-21)17-25/h2,5-10,14-16,18H,3-4,11-13H2,1H3/t18-/m1/s1. The van der Waals surface area contributed by atoms with Gasteiger partial charge in [-0.05, 0) is 78.4 Å². The summed E-state index contributed by atoms with van der Waals surface area (Å²) in [5.41, 5.74) is 4.37. The van der Waals surface area contributed by atoms with Gasteiger partial charge in [-0.2, -0.15) is 5.26 Å². The van der Waals surface area contributed by atoms with Gasteiger partial charge in [0.2, 0.25) is 0 Å². The van der Waals surface area contributed by atoms with Crippen LogP contribution in [-0.4, -0.2) is 24.0 Å². The molecule has 0 aliphatic carbocycles. The highest BCUT2D eigenvalue weighted by Gasteiger charge is 2.19. The summed E-state index contributed by atoms with van der Waals surface area (Å²) in [5, 5.41) is 11.6. The van der Waals surface area contributed by atoms with E-state index in [0.29, 0.717) is 5.56 Å². The Morgan fingerprint density at radius 3 is 2.62 bits per heavy atom. The molecule has 2 nitrogen and oxygen atoms in total. The van der Waals surface area contributed by atoms with Crippen molar-refractivity contribution >= 4 is 10.8 Å². The molecular weight excluding hydrogens is 316 g/mol. The van der Waals surface area contributed by atoms with Gasteiger partial charge in [0.05, 0.1) is 11.6 Å². The summed E-state index contributed by atoms with van der Waals surface area (Å²) in [7, 11) is 0. The van der Waals surface area contributed by atoms with Crippen LogP contribution >= 0.6 is 0 Å². The molecule has 1 aliphatic heterocycles. The topological polar surface area (TPSA) is 27.0 Å². The van der Waals surface area contributed by atoms with Gasteiger partial charge in [0.15, 0.2) is 0 Å². The Balaban J connectivity index is 1.55. The first-order valence-electron chi connectivity index (χ1n) is 9.50. The molecule has 0 amide bonds. The maximum Gasteiger partial charge on any atom is 0.0991 e. The number of hydrogen-bond acceptors (Lipinski definition) is 2. The average molecular weight is 340 g/mol. The van der Waals surface area contributed by atoms with Crippen molar-refractivity contribution in [1.82, 2.24) is 4.90 Å². The van der Waals surface area contributed by atoms with Crippen molar-refractivity contribution in [2.75, 3.05) is 13.1 Å². The van der Waals surface area contributed by atoms with Crippen molar-refractivity contribution < 1.29 is 0 Å². The lowest BCUT2D eigenvalue weighted by Crippen LogP contribution is -2.28. The van der Waals surface area contributed by atoms with E-state index in [4.69, 9.17) is 5.26 Å². The smallest absolute Gasteiger partial charge is 0.0991 e. The van der Waals surface area contributed by atoms with Crippen LogP contribution in [-0.2, 0) is 6.42 Å². The van der Waals surface area contributed by atoms with Crippen LogP contribution in [0.3, 0.4) is 0 Å². The summed E-state index contributed by atoms with van der Waals surface area (Å²) in [4.78, 5) is 2.61. The first kappa shape index (κ1) is 16.8. The molecule has 0 bridgehead atoms. The van der Waals surface area contributed by atoms with E-state index in [-0.39, 0.29) is 0 Å². The zero-order valence-electron chi connectivity index (χ0n) is 15.3. The highest BCUT2D eigenvalue weighted by Crippen LogP contribution is 2.26. The van der Waals surface area contributed by atoms with Gasteiger partial charge >= 0.3 is 0 Å². The van der Waals surface area contributed by atoms with E-state index < -0.39 is 0 Å². The molecule has 0 saturated carbocycles. The Morgan fingerprint density at radius 2 is 1.81 bits per heavy atom. The molecule has 0 unspecified atom stereocenters. The SMILES string of the molecule is C[C@@H]1CCCN1CCc1ccc2cc(-c3cccc(C#N)c3)ccc2c1. The molecule has 0 radical (unpaired) electrons. The lowest BCUT2D eigenvalue weighted by molar-refractivity contribution is 0.272. The van der Waals surface area contributed by atoms with Crippen molar-refractivity contribution in [3.8, 4) is 17.2 Å². The summed E-state index contributed by atoms with van der Waals surface area (Å²) in [6.07, 6.45) is 3.80. The number of benzene rings is 3. The van der Waals surface area contributed by atoms with Crippen molar-refractivity contribution in [2.45, 2.75) is 32.2 Å². The lowest BCUT2D eigenvalue weighted by Gasteiger charge is -2.20. The van der Waals surface area contributed by atoms with Crippen molar-refractivity contribution in [3.05, 3.63) is 71.8 Å². The molecule has 26 heavy (non-hydrogen) atoms. The summed E-state index contributed by atoms with van der Waals surface area (Å²) in [6.45, 7) is 4.75. The second-order valence-electron chi connectivity index (χ2n) is 7.37. The summed E-state index contributed by atoms with van der Waals surface area (Å²) in [6, 6.07) is 24.2. The fraction of sp³-hybridized carbons (Fsp3) is 0.292. The quantitative estimate of drug-likeness (QED) is 0.635. The van der Waals surface area contributed by atoms with Gasteiger partial charge in [-0.3, -0.25) is 0 Å². The first-order chi connectivity index (χ1) is 12.7. The molecule has 3 aromatic carbocycles. The molecule has 0 N–H and O–H groups in total. The highest BCUT2D eigenvalue weighted by atomic mass is 15.2. The van der Waals surface area contributed by atoms with Crippen LogP contribution in [0.25, 0.3) is 21.9 Å². The Morgan fingerprint density at radius 1 is 1.00 bits per heavy atom. The molecule has 1 aliphatic rings. The van der Waals surface area contributed by atoms with E-state index in [1.807, 2.05) is 18.2 Å². The van der Waals surface area contributed by atoms with Gasteiger partial charge in [0, 0.05) is 12.6 Å². The lowest BCUT2D eigenvalue weighted by atomic mass is 9.98. The van der Waals surface area contributed by atoms with E-state index in [9.17, 15) is 0 Å². The summed E-state index contributed by atoms with van der Waals surface area (Å²) in [5.74, 6) is 0. The third-order valence-corrected chi connectivity index (χ3v) is 5.61. The molecular formula is C24H24N2. The van der Waals surface area contributed by atoms with E-state index in [0.717, 1.165) is 30.1 Å². The predicted molar refractivity (Wildman–Crippen MR) is 108 cm³/mol. The van der Waals surface area contributed by atoms with E-state index in [1.54, 1.807) is 0 Å². The van der Waals surface area contributed by atoms with Crippen molar-refractivity contribution in [2.24, 2.45) is 0 Å². The molecule has 1 heterocycles. The highest BCUT2D eigenvalue weighted by molar-refractivity contribution is 5.88. The number of fused-ring (bicyclic) bond motifs is 1. The van der Waals surface area contributed by atoms with Gasteiger partial charge in [-0.1, -0.05) is 42.5 Å². The van der Waals surface area contributed by atoms with E-state index in [1.165, 1.54) is 35.7 Å². The molecule has 1 atom stereocenters. The third kappa shape index (κ3) is 3.49. The third-order valence-electron chi connectivity index (χ3n) is 5.61. The largest absolute Gasteiger partial charge is 0.300 e. The van der Waals surface area contributed by atoms with Crippen molar-refractivity contribution in [3.63, 3.8) is 0 Å². The molecule has 2 heteroatoms. The molecule has 0 spiro atoms. The van der Waals surface area contributed by atoms with Gasteiger partial charge in [-0.25, -0.2) is 0 Å². The maximum absolute atomic E-state index is 9.10. The summed E-state index contributed by atoms with van der Waals surface area (Å²) < 4.78 is 0. The summed E-state index contributed by atoms with van der Waals surface area (Å²) >= 11 is 0. The maximum atomic E-state index is 9.10. The van der Waals surface area contributed by atoms with Gasteiger partial charge < -0.3 is 4.90 Å². The van der Waals surface area contributed by atoms with E-state index in [2.05, 4.69) is 60.4 Å². The minimum absolute atomic E-state index is 0.703. The van der Waals surface area contributed by atoms with Crippen LogP contribution in [0.5, 0.6) is 0 Å². The Labute approximate surface area is 155 Å².